The lowest BCUT2D eigenvalue weighted by Crippen LogP contribution is -2.04. The van der Waals surface area contributed by atoms with E-state index in [1.807, 2.05) is 12.1 Å². The minimum Gasteiger partial charge on any atom is -0.481 e. The summed E-state index contributed by atoms with van der Waals surface area (Å²) in [5.74, 6) is 0.609. The summed E-state index contributed by atoms with van der Waals surface area (Å²) < 4.78 is 10.4. The van der Waals surface area contributed by atoms with Crippen LogP contribution in [0.4, 0.5) is 0 Å². The maximum atomic E-state index is 5.27. The van der Waals surface area contributed by atoms with E-state index in [4.69, 9.17) is 9.47 Å². The van der Waals surface area contributed by atoms with Gasteiger partial charge in [-0.25, -0.2) is 4.98 Å². The predicted octanol–water partition coefficient (Wildman–Crippen LogP) is 1.19. The van der Waals surface area contributed by atoms with E-state index in [1.54, 1.807) is 13.3 Å². The minimum atomic E-state index is -0.0383. The zero-order valence-corrected chi connectivity index (χ0v) is 7.30. The maximum absolute atomic E-state index is 5.27. The molecule has 1 aliphatic rings. The van der Waals surface area contributed by atoms with Crippen molar-refractivity contribution in [3.05, 3.63) is 23.9 Å². The molecule has 0 radical (unpaired) electrons. The average molecular weight is 178 g/mol. The second-order valence-corrected chi connectivity index (χ2v) is 2.70. The molecule has 4 heteroatoms. The lowest BCUT2D eigenvalue weighted by Gasteiger charge is -2.11. The Morgan fingerprint density at radius 3 is 3.23 bits per heavy atom. The van der Waals surface area contributed by atoms with Gasteiger partial charge in [0.2, 0.25) is 5.88 Å². The summed E-state index contributed by atoms with van der Waals surface area (Å²) in [5.41, 5.74) is 0.947. The summed E-state index contributed by atoms with van der Waals surface area (Å²) >= 11 is 0. The van der Waals surface area contributed by atoms with Crippen LogP contribution in [0.5, 0.6) is 5.88 Å². The van der Waals surface area contributed by atoms with Crippen LogP contribution in [-0.4, -0.2) is 25.0 Å². The van der Waals surface area contributed by atoms with E-state index in [2.05, 4.69) is 9.98 Å². The van der Waals surface area contributed by atoms with Crippen molar-refractivity contribution in [3.63, 3.8) is 0 Å². The van der Waals surface area contributed by atoms with E-state index in [9.17, 15) is 0 Å². The van der Waals surface area contributed by atoms with Crippen LogP contribution in [-0.2, 0) is 4.74 Å². The molecule has 0 saturated heterocycles. The Morgan fingerprint density at radius 1 is 1.62 bits per heavy atom. The first-order valence-electron chi connectivity index (χ1n) is 4.04. The average Bonchev–Trinajstić information content (AvgIpc) is 2.70. The Balaban J connectivity index is 2.27. The molecular formula is C9H10N2O2. The van der Waals surface area contributed by atoms with Crippen molar-refractivity contribution in [2.75, 3.05) is 13.7 Å². The quantitative estimate of drug-likeness (QED) is 0.683. The smallest absolute Gasteiger partial charge is 0.220 e. The van der Waals surface area contributed by atoms with E-state index in [-0.39, 0.29) is 6.10 Å². The fourth-order valence-corrected chi connectivity index (χ4v) is 1.29. The molecule has 0 fully saturated rings. The van der Waals surface area contributed by atoms with Crippen molar-refractivity contribution in [1.82, 2.24) is 4.98 Å². The molecule has 0 bridgehead atoms. The van der Waals surface area contributed by atoms with Crippen molar-refractivity contribution >= 4 is 6.40 Å². The number of hydrogen-bond donors (Lipinski definition) is 0. The first-order chi connectivity index (χ1) is 6.42. The van der Waals surface area contributed by atoms with Crippen LogP contribution in [0.25, 0.3) is 0 Å². The first-order valence-corrected chi connectivity index (χ1v) is 4.04. The van der Waals surface area contributed by atoms with Crippen LogP contribution in [0.1, 0.15) is 11.7 Å². The predicted molar refractivity (Wildman–Crippen MR) is 48.0 cm³/mol. The Bertz CT molecular complexity index is 317. The molecule has 0 amide bonds. The van der Waals surface area contributed by atoms with Gasteiger partial charge in [-0.1, -0.05) is 0 Å². The SMILES string of the molecule is COc1ncccc1C1CN=CO1. The van der Waals surface area contributed by atoms with Gasteiger partial charge < -0.3 is 9.47 Å². The van der Waals surface area contributed by atoms with Crippen LogP contribution in [0.2, 0.25) is 0 Å². The summed E-state index contributed by atoms with van der Waals surface area (Å²) in [7, 11) is 1.60. The molecule has 1 aliphatic heterocycles. The molecule has 1 unspecified atom stereocenters. The fraction of sp³-hybridized carbons (Fsp3) is 0.333. The van der Waals surface area contributed by atoms with E-state index in [1.165, 1.54) is 6.40 Å². The van der Waals surface area contributed by atoms with E-state index in [0.717, 1.165) is 5.56 Å². The van der Waals surface area contributed by atoms with Crippen molar-refractivity contribution in [2.24, 2.45) is 4.99 Å². The van der Waals surface area contributed by atoms with Crippen molar-refractivity contribution < 1.29 is 9.47 Å². The van der Waals surface area contributed by atoms with Crippen molar-refractivity contribution in [1.29, 1.82) is 0 Å². The molecule has 2 rings (SSSR count). The van der Waals surface area contributed by atoms with Gasteiger partial charge >= 0.3 is 0 Å². The number of ether oxygens (including phenoxy) is 2. The Morgan fingerprint density at radius 2 is 2.54 bits per heavy atom. The highest BCUT2D eigenvalue weighted by molar-refractivity contribution is 5.50. The zero-order valence-electron chi connectivity index (χ0n) is 7.30. The van der Waals surface area contributed by atoms with Crippen LogP contribution in [0, 0.1) is 0 Å². The Kier molecular flexibility index (Phi) is 2.12. The highest BCUT2D eigenvalue weighted by Crippen LogP contribution is 2.26. The molecule has 0 N–H and O–H groups in total. The maximum Gasteiger partial charge on any atom is 0.220 e. The van der Waals surface area contributed by atoms with Crippen LogP contribution < -0.4 is 4.74 Å². The largest absolute Gasteiger partial charge is 0.481 e. The zero-order chi connectivity index (χ0) is 9.10. The van der Waals surface area contributed by atoms with Gasteiger partial charge in [-0.3, -0.25) is 4.99 Å². The Labute approximate surface area is 76.2 Å². The van der Waals surface area contributed by atoms with Gasteiger partial charge in [-0.05, 0) is 12.1 Å². The van der Waals surface area contributed by atoms with Crippen LogP contribution >= 0.6 is 0 Å². The van der Waals surface area contributed by atoms with Gasteiger partial charge in [-0.2, -0.15) is 0 Å². The van der Waals surface area contributed by atoms with E-state index in [0.29, 0.717) is 12.4 Å². The molecule has 0 saturated carbocycles. The molecule has 4 nitrogen and oxygen atoms in total. The molecule has 68 valence electrons. The second kappa shape index (κ2) is 3.43. The number of pyridine rings is 1. The molecule has 13 heavy (non-hydrogen) atoms. The van der Waals surface area contributed by atoms with E-state index >= 15 is 0 Å². The summed E-state index contributed by atoms with van der Waals surface area (Å²) in [5, 5.41) is 0. The first kappa shape index (κ1) is 8.04. The molecule has 0 spiro atoms. The summed E-state index contributed by atoms with van der Waals surface area (Å²) in [6.45, 7) is 0.641. The third kappa shape index (κ3) is 1.47. The number of rotatable bonds is 2. The summed E-state index contributed by atoms with van der Waals surface area (Å²) in [4.78, 5) is 8.07. The monoisotopic (exact) mass is 178 g/mol. The van der Waals surface area contributed by atoms with Crippen LogP contribution in [0.15, 0.2) is 23.3 Å². The second-order valence-electron chi connectivity index (χ2n) is 2.70. The van der Waals surface area contributed by atoms with Crippen LogP contribution in [0.3, 0.4) is 0 Å². The number of aromatic nitrogens is 1. The standard InChI is InChI=1S/C9H10N2O2/c1-12-9-7(3-2-4-11-9)8-5-10-6-13-8/h2-4,6,8H,5H2,1H3. The number of hydrogen-bond acceptors (Lipinski definition) is 4. The number of nitrogens with zero attached hydrogens (tertiary/aromatic N) is 2. The van der Waals surface area contributed by atoms with E-state index < -0.39 is 0 Å². The van der Waals surface area contributed by atoms with Gasteiger partial charge in [-0.15, -0.1) is 0 Å². The molecule has 1 atom stereocenters. The van der Waals surface area contributed by atoms with Gasteiger partial charge in [0.05, 0.1) is 19.2 Å². The fourth-order valence-electron chi connectivity index (χ4n) is 1.29. The molecule has 1 aromatic heterocycles. The van der Waals surface area contributed by atoms with Gasteiger partial charge in [0.1, 0.15) is 6.10 Å². The summed E-state index contributed by atoms with van der Waals surface area (Å²) in [6.07, 6.45) is 3.12. The lowest BCUT2D eigenvalue weighted by molar-refractivity contribution is 0.231. The third-order valence-corrected chi connectivity index (χ3v) is 1.91. The molecule has 2 heterocycles. The molecular weight excluding hydrogens is 168 g/mol. The molecule has 1 aromatic rings. The Hall–Kier alpha value is -1.58. The minimum absolute atomic E-state index is 0.0383. The topological polar surface area (TPSA) is 43.7 Å². The lowest BCUT2D eigenvalue weighted by atomic mass is 10.1. The van der Waals surface area contributed by atoms with Gasteiger partial charge in [0.15, 0.2) is 6.40 Å². The van der Waals surface area contributed by atoms with Crippen molar-refractivity contribution in [2.45, 2.75) is 6.10 Å². The molecule has 0 aromatic carbocycles. The third-order valence-electron chi connectivity index (χ3n) is 1.91. The number of aliphatic imine (C=N–C) groups is 1. The number of methoxy groups -OCH3 is 1. The summed E-state index contributed by atoms with van der Waals surface area (Å²) in [6, 6.07) is 3.80. The normalized spacial score (nSPS) is 19.9. The van der Waals surface area contributed by atoms with Crippen molar-refractivity contribution in [3.8, 4) is 5.88 Å². The highest BCUT2D eigenvalue weighted by Gasteiger charge is 2.19. The van der Waals surface area contributed by atoms with Gasteiger partial charge in [0.25, 0.3) is 0 Å². The van der Waals surface area contributed by atoms with Gasteiger partial charge in [0, 0.05) is 6.20 Å². The highest BCUT2D eigenvalue weighted by atomic mass is 16.5. The molecule has 0 aliphatic carbocycles.